The summed E-state index contributed by atoms with van der Waals surface area (Å²) < 4.78 is 16.2. The molecule has 1 aliphatic heterocycles. The number of thiophene rings is 1. The number of fused-ring (bicyclic) bond motifs is 2. The molecule has 0 radical (unpaired) electrons. The molecule has 2 aromatic rings. The minimum atomic E-state index is -0.323. The van der Waals surface area contributed by atoms with Crippen LogP contribution in [0.15, 0.2) is 18.2 Å². The maximum Gasteiger partial charge on any atom is 0.341 e. The predicted octanol–water partition coefficient (Wildman–Crippen LogP) is 4.24. The van der Waals surface area contributed by atoms with Crippen molar-refractivity contribution < 1.29 is 19.0 Å². The van der Waals surface area contributed by atoms with Crippen molar-refractivity contribution in [2.75, 3.05) is 31.0 Å². The summed E-state index contributed by atoms with van der Waals surface area (Å²) in [6.45, 7) is 3.32. The molecule has 2 N–H and O–H groups in total. The molecule has 0 saturated carbocycles. The number of thiocarbonyl (C=S) groups is 1. The summed E-state index contributed by atoms with van der Waals surface area (Å²) in [5.41, 5.74) is 2.50. The number of nitrogens with one attached hydrogen (secondary N) is 2. The molecule has 1 aromatic heterocycles. The van der Waals surface area contributed by atoms with Crippen LogP contribution in [-0.4, -0.2) is 31.4 Å². The van der Waals surface area contributed by atoms with Crippen molar-refractivity contribution in [1.82, 2.24) is 0 Å². The van der Waals surface area contributed by atoms with E-state index in [0.717, 1.165) is 41.3 Å². The molecule has 2 heterocycles. The van der Waals surface area contributed by atoms with E-state index in [-0.39, 0.29) is 5.97 Å². The van der Waals surface area contributed by atoms with Gasteiger partial charge in [0, 0.05) is 16.6 Å². The van der Waals surface area contributed by atoms with Gasteiger partial charge in [-0.2, -0.15) is 0 Å². The summed E-state index contributed by atoms with van der Waals surface area (Å²) in [6.07, 6.45) is 2.95. The first-order valence-electron chi connectivity index (χ1n) is 9.25. The Labute approximate surface area is 173 Å². The van der Waals surface area contributed by atoms with Crippen molar-refractivity contribution in [3.63, 3.8) is 0 Å². The summed E-state index contributed by atoms with van der Waals surface area (Å²) in [4.78, 5) is 13.6. The number of hydrogen-bond donors (Lipinski definition) is 2. The zero-order valence-electron chi connectivity index (χ0n) is 15.8. The van der Waals surface area contributed by atoms with Crippen molar-refractivity contribution in [3.8, 4) is 11.5 Å². The van der Waals surface area contributed by atoms with E-state index in [2.05, 4.69) is 17.6 Å². The molecule has 4 rings (SSSR count). The molecular weight excluding hydrogens is 396 g/mol. The lowest BCUT2D eigenvalue weighted by Gasteiger charge is -2.19. The minimum absolute atomic E-state index is 0.323. The molecule has 0 bridgehead atoms. The average molecular weight is 419 g/mol. The molecule has 0 saturated heterocycles. The standard InChI is InChI=1S/C20H22N2O4S2/c1-11-3-5-13-16(9-11)28-18(17(13)19(23)24-2)22-20(27)21-12-4-6-14-15(10-12)26-8-7-25-14/h4,6,10-11H,3,5,7-9H2,1-2H3,(H2,21,22,27). The van der Waals surface area contributed by atoms with E-state index in [0.29, 0.717) is 35.6 Å². The third-order valence-corrected chi connectivity index (χ3v) is 6.30. The SMILES string of the molecule is COC(=O)c1c(NC(=S)Nc2ccc3c(c2)OCCO3)sc2c1CCC(C)C2. The van der Waals surface area contributed by atoms with Crippen LogP contribution in [-0.2, 0) is 17.6 Å². The molecule has 1 aliphatic carbocycles. The van der Waals surface area contributed by atoms with Crippen LogP contribution in [0.5, 0.6) is 11.5 Å². The fraction of sp³-hybridized carbons (Fsp3) is 0.400. The van der Waals surface area contributed by atoms with E-state index in [9.17, 15) is 4.79 Å². The van der Waals surface area contributed by atoms with Gasteiger partial charge in [0.05, 0.1) is 12.7 Å². The minimum Gasteiger partial charge on any atom is -0.486 e. The highest BCUT2D eigenvalue weighted by Gasteiger charge is 2.28. The number of esters is 1. The van der Waals surface area contributed by atoms with Crippen LogP contribution < -0.4 is 20.1 Å². The fourth-order valence-corrected chi connectivity index (χ4v) is 5.23. The molecule has 2 aliphatic rings. The Hall–Kier alpha value is -2.32. The summed E-state index contributed by atoms with van der Waals surface area (Å²) in [5.74, 6) is 1.71. The Morgan fingerprint density at radius 3 is 2.82 bits per heavy atom. The van der Waals surface area contributed by atoms with Crippen LogP contribution in [0, 0.1) is 5.92 Å². The van der Waals surface area contributed by atoms with Gasteiger partial charge < -0.3 is 24.8 Å². The monoisotopic (exact) mass is 418 g/mol. The van der Waals surface area contributed by atoms with E-state index < -0.39 is 0 Å². The Morgan fingerprint density at radius 2 is 2.04 bits per heavy atom. The van der Waals surface area contributed by atoms with Crippen LogP contribution in [0.25, 0.3) is 0 Å². The summed E-state index contributed by atoms with van der Waals surface area (Å²) in [7, 11) is 1.41. The van der Waals surface area contributed by atoms with Crippen LogP contribution in [0.3, 0.4) is 0 Å². The van der Waals surface area contributed by atoms with Gasteiger partial charge in [0.25, 0.3) is 0 Å². The highest BCUT2D eigenvalue weighted by Crippen LogP contribution is 2.40. The van der Waals surface area contributed by atoms with Gasteiger partial charge in [-0.15, -0.1) is 11.3 Å². The van der Waals surface area contributed by atoms with E-state index in [1.165, 1.54) is 12.0 Å². The summed E-state index contributed by atoms with van der Waals surface area (Å²) >= 11 is 7.07. The number of rotatable bonds is 3. The Balaban J connectivity index is 1.53. The maximum absolute atomic E-state index is 12.4. The zero-order chi connectivity index (χ0) is 19.7. The second-order valence-electron chi connectivity index (χ2n) is 6.99. The smallest absolute Gasteiger partial charge is 0.341 e. The van der Waals surface area contributed by atoms with Gasteiger partial charge in [-0.05, 0) is 55.1 Å². The molecule has 0 amide bonds. The topological polar surface area (TPSA) is 68.8 Å². The first-order valence-corrected chi connectivity index (χ1v) is 10.5. The number of benzene rings is 1. The first kappa shape index (κ1) is 19.0. The molecule has 1 atom stereocenters. The van der Waals surface area contributed by atoms with Crippen molar-refractivity contribution >= 4 is 45.3 Å². The molecule has 1 aromatic carbocycles. The van der Waals surface area contributed by atoms with Crippen molar-refractivity contribution in [2.45, 2.75) is 26.2 Å². The molecule has 0 spiro atoms. The number of anilines is 2. The second kappa shape index (κ2) is 7.97. The Bertz CT molecular complexity index is 925. The summed E-state index contributed by atoms with van der Waals surface area (Å²) in [6, 6.07) is 5.58. The van der Waals surface area contributed by atoms with Crippen molar-refractivity contribution in [1.29, 1.82) is 0 Å². The van der Waals surface area contributed by atoms with Gasteiger partial charge in [0.2, 0.25) is 0 Å². The van der Waals surface area contributed by atoms with Gasteiger partial charge in [-0.1, -0.05) is 6.92 Å². The lowest BCUT2D eigenvalue weighted by atomic mass is 9.88. The number of carbonyl (C=O) groups excluding carboxylic acids is 1. The normalized spacial score (nSPS) is 17.4. The zero-order valence-corrected chi connectivity index (χ0v) is 17.4. The molecule has 8 heteroatoms. The molecule has 28 heavy (non-hydrogen) atoms. The maximum atomic E-state index is 12.4. The van der Waals surface area contributed by atoms with Crippen molar-refractivity contribution in [2.24, 2.45) is 5.92 Å². The highest BCUT2D eigenvalue weighted by molar-refractivity contribution is 7.80. The van der Waals surface area contributed by atoms with Gasteiger partial charge in [0.1, 0.15) is 18.2 Å². The van der Waals surface area contributed by atoms with E-state index in [4.69, 9.17) is 26.4 Å². The lowest BCUT2D eigenvalue weighted by Crippen LogP contribution is -2.21. The Morgan fingerprint density at radius 1 is 1.25 bits per heavy atom. The van der Waals surface area contributed by atoms with Crippen LogP contribution in [0.1, 0.15) is 34.1 Å². The Kier molecular flexibility index (Phi) is 5.41. The second-order valence-corrected chi connectivity index (χ2v) is 8.50. The van der Waals surface area contributed by atoms with E-state index in [1.807, 2.05) is 18.2 Å². The quantitative estimate of drug-likeness (QED) is 0.571. The van der Waals surface area contributed by atoms with E-state index >= 15 is 0 Å². The summed E-state index contributed by atoms with van der Waals surface area (Å²) in [5, 5.41) is 7.49. The molecule has 1 unspecified atom stereocenters. The van der Waals surface area contributed by atoms with Gasteiger partial charge in [-0.3, -0.25) is 0 Å². The van der Waals surface area contributed by atoms with Crippen LogP contribution >= 0.6 is 23.6 Å². The third-order valence-electron chi connectivity index (χ3n) is 4.93. The number of ether oxygens (including phenoxy) is 3. The van der Waals surface area contributed by atoms with Crippen molar-refractivity contribution in [3.05, 3.63) is 34.2 Å². The first-order chi connectivity index (χ1) is 13.5. The van der Waals surface area contributed by atoms with Crippen LogP contribution in [0.4, 0.5) is 10.7 Å². The molecule has 6 nitrogen and oxygen atoms in total. The lowest BCUT2D eigenvalue weighted by molar-refractivity contribution is 0.0601. The number of methoxy groups -OCH3 is 1. The third kappa shape index (κ3) is 3.79. The molecule has 0 fully saturated rings. The fourth-order valence-electron chi connectivity index (χ4n) is 3.54. The van der Waals surface area contributed by atoms with Gasteiger partial charge >= 0.3 is 5.97 Å². The number of carbonyl (C=O) groups is 1. The average Bonchev–Trinajstić information content (AvgIpc) is 3.03. The van der Waals surface area contributed by atoms with E-state index in [1.54, 1.807) is 11.3 Å². The molecule has 148 valence electrons. The van der Waals surface area contributed by atoms with Crippen LogP contribution in [0.2, 0.25) is 0 Å². The molecular formula is C20H22N2O4S2. The van der Waals surface area contributed by atoms with Gasteiger partial charge in [0.15, 0.2) is 16.6 Å². The largest absolute Gasteiger partial charge is 0.486 e. The highest BCUT2D eigenvalue weighted by atomic mass is 32.1. The number of hydrogen-bond acceptors (Lipinski definition) is 6. The predicted molar refractivity (Wildman–Crippen MR) is 114 cm³/mol. The van der Waals surface area contributed by atoms with Gasteiger partial charge in [-0.25, -0.2) is 4.79 Å².